The topological polar surface area (TPSA) is 25.8 Å². The molecule has 0 aliphatic heterocycles. The molecule has 8 heavy (non-hydrogen) atoms. The largest absolute Gasteiger partial charge is 0.231 e. The van der Waals surface area contributed by atoms with Crippen molar-refractivity contribution in [3.05, 3.63) is 18.5 Å². The Hall–Kier alpha value is -0.140. The highest BCUT2D eigenvalue weighted by Gasteiger charge is 1.84. The number of hydrogen-bond donors (Lipinski definition) is 0. The quantitative estimate of drug-likeness (QED) is 0.439. The van der Waals surface area contributed by atoms with Crippen molar-refractivity contribution in [1.29, 1.82) is 0 Å². The van der Waals surface area contributed by atoms with Crippen LogP contribution in [0.25, 0.3) is 0 Å². The van der Waals surface area contributed by atoms with Crippen LogP contribution >= 0.6 is 19.8 Å². The molecule has 1 unspecified atom stereocenters. The molecule has 42 valence electrons. The average molecular weight is 144 g/mol. The molecule has 0 aliphatic carbocycles. The maximum absolute atomic E-state index is 3.93. The molecule has 0 aliphatic rings. The van der Waals surface area contributed by atoms with E-state index in [9.17, 15) is 0 Å². The van der Waals surface area contributed by atoms with Crippen LogP contribution in [0.15, 0.2) is 23.6 Å². The van der Waals surface area contributed by atoms with Gasteiger partial charge in [0, 0.05) is 12.4 Å². The van der Waals surface area contributed by atoms with E-state index in [1.54, 1.807) is 18.5 Å². The second kappa shape index (κ2) is 3.00. The fourth-order valence-electron chi connectivity index (χ4n) is 0.346. The smallest absolute Gasteiger partial charge is 0.191 e. The molecule has 0 N–H and O–H groups in total. The predicted molar refractivity (Wildman–Crippen MR) is 37.6 cm³/mol. The number of hydrogen-bond acceptors (Lipinski definition) is 3. The second-order valence-electron chi connectivity index (χ2n) is 1.15. The van der Waals surface area contributed by atoms with Crippen LogP contribution in [0.3, 0.4) is 0 Å². The van der Waals surface area contributed by atoms with Gasteiger partial charge in [-0.2, -0.15) is 0 Å². The van der Waals surface area contributed by atoms with Crippen LogP contribution in [0.5, 0.6) is 0 Å². The molecule has 2 nitrogen and oxygen atoms in total. The second-order valence-corrected chi connectivity index (χ2v) is 2.46. The van der Waals surface area contributed by atoms with Crippen molar-refractivity contribution >= 4 is 19.8 Å². The van der Waals surface area contributed by atoms with Crippen LogP contribution in [0.2, 0.25) is 0 Å². The van der Waals surface area contributed by atoms with E-state index in [4.69, 9.17) is 0 Å². The summed E-state index contributed by atoms with van der Waals surface area (Å²) in [5.41, 5.74) is 0. The lowest BCUT2D eigenvalue weighted by Gasteiger charge is -1.86. The standard InChI is InChI=1S/C4H5N2PS/c7-8-4-5-2-1-3-6-4/h1-3H,7H2. The van der Waals surface area contributed by atoms with E-state index < -0.39 is 0 Å². The molecule has 1 aromatic rings. The minimum atomic E-state index is 0.789. The summed E-state index contributed by atoms with van der Waals surface area (Å²) in [6.45, 7) is 0. The van der Waals surface area contributed by atoms with Gasteiger partial charge in [0.15, 0.2) is 5.16 Å². The lowest BCUT2D eigenvalue weighted by molar-refractivity contribution is 0.973. The van der Waals surface area contributed by atoms with Gasteiger partial charge in [0.05, 0.1) is 0 Å². The molecule has 0 radical (unpaired) electrons. The number of aromatic nitrogens is 2. The first-order valence-corrected chi connectivity index (χ1v) is 4.36. The third-order valence-corrected chi connectivity index (χ3v) is 1.70. The van der Waals surface area contributed by atoms with Crippen LogP contribution in [-0.4, -0.2) is 9.97 Å². The van der Waals surface area contributed by atoms with E-state index >= 15 is 0 Å². The van der Waals surface area contributed by atoms with Gasteiger partial charge in [-0.25, -0.2) is 9.97 Å². The molecule has 0 saturated heterocycles. The van der Waals surface area contributed by atoms with Gasteiger partial charge in [0.25, 0.3) is 0 Å². The van der Waals surface area contributed by atoms with Crippen molar-refractivity contribution in [2.24, 2.45) is 0 Å². The Morgan fingerprint density at radius 3 is 2.38 bits per heavy atom. The van der Waals surface area contributed by atoms with Gasteiger partial charge in [-0.3, -0.25) is 0 Å². The van der Waals surface area contributed by atoms with E-state index in [0.29, 0.717) is 0 Å². The molecule has 1 aromatic heterocycles. The summed E-state index contributed by atoms with van der Waals surface area (Å²) in [6, 6.07) is 1.80. The molecule has 0 amide bonds. The summed E-state index contributed by atoms with van der Waals surface area (Å²) in [5, 5.41) is 0.789. The van der Waals surface area contributed by atoms with E-state index in [-0.39, 0.29) is 0 Å². The zero-order chi connectivity index (χ0) is 5.82. The van der Waals surface area contributed by atoms with Crippen molar-refractivity contribution in [3.63, 3.8) is 0 Å². The van der Waals surface area contributed by atoms with Crippen LogP contribution in [0.1, 0.15) is 0 Å². The van der Waals surface area contributed by atoms with E-state index in [1.165, 1.54) is 11.4 Å². The molecule has 0 spiro atoms. The van der Waals surface area contributed by atoms with Crippen molar-refractivity contribution in [1.82, 2.24) is 9.97 Å². The third-order valence-electron chi connectivity index (χ3n) is 0.647. The molecule has 1 atom stereocenters. The molecule has 0 aromatic carbocycles. The van der Waals surface area contributed by atoms with Crippen molar-refractivity contribution in [3.8, 4) is 0 Å². The van der Waals surface area contributed by atoms with E-state index in [0.717, 1.165) is 5.16 Å². The van der Waals surface area contributed by atoms with E-state index in [1.807, 2.05) is 0 Å². The van der Waals surface area contributed by atoms with Crippen LogP contribution in [0.4, 0.5) is 0 Å². The average Bonchev–Trinajstić information content (AvgIpc) is 1.90. The molecule has 1 heterocycles. The van der Waals surface area contributed by atoms with Crippen LogP contribution in [0, 0.1) is 0 Å². The first-order chi connectivity index (χ1) is 3.93. The Balaban J connectivity index is 2.83. The summed E-state index contributed by atoms with van der Waals surface area (Å²) in [4.78, 5) is 7.86. The highest BCUT2D eigenvalue weighted by molar-refractivity contribution is 8.43. The summed E-state index contributed by atoms with van der Waals surface area (Å²) >= 11 is 1.46. The number of rotatable bonds is 1. The van der Waals surface area contributed by atoms with Gasteiger partial charge in [-0.1, -0.05) is 19.8 Å². The normalized spacial score (nSPS) is 9.12. The molecule has 1 rings (SSSR count). The fourth-order valence-corrected chi connectivity index (χ4v) is 0.955. The summed E-state index contributed by atoms with van der Waals surface area (Å²) in [6.07, 6.45) is 3.44. The SMILES string of the molecule is PSc1ncccn1. The third kappa shape index (κ3) is 1.42. The van der Waals surface area contributed by atoms with Gasteiger partial charge < -0.3 is 0 Å². The molecular formula is C4H5N2PS. The highest BCUT2D eigenvalue weighted by Crippen LogP contribution is 2.17. The van der Waals surface area contributed by atoms with Gasteiger partial charge in [-0.15, -0.1) is 0 Å². The first-order valence-electron chi connectivity index (χ1n) is 2.07. The molecule has 4 heteroatoms. The summed E-state index contributed by atoms with van der Waals surface area (Å²) < 4.78 is 0. The van der Waals surface area contributed by atoms with Crippen LogP contribution in [-0.2, 0) is 0 Å². The molecule has 0 fully saturated rings. The molecule has 0 saturated carbocycles. The van der Waals surface area contributed by atoms with Gasteiger partial charge in [0.2, 0.25) is 0 Å². The van der Waals surface area contributed by atoms with Crippen molar-refractivity contribution in [2.45, 2.75) is 5.16 Å². The summed E-state index contributed by atoms with van der Waals surface area (Å²) in [5.74, 6) is 0. The summed E-state index contributed by atoms with van der Waals surface area (Å²) in [7, 11) is 2.48. The van der Waals surface area contributed by atoms with Gasteiger partial charge >= 0.3 is 0 Å². The molecular weight excluding hydrogens is 139 g/mol. The first kappa shape index (κ1) is 5.99. The fraction of sp³-hybridized carbons (Fsp3) is 0. The highest BCUT2D eigenvalue weighted by atomic mass is 32.7. The monoisotopic (exact) mass is 144 g/mol. The lowest BCUT2D eigenvalue weighted by Crippen LogP contribution is -1.77. The molecule has 0 bridgehead atoms. The predicted octanol–water partition coefficient (Wildman–Crippen LogP) is 1.36. The maximum atomic E-state index is 3.93. The number of nitrogens with zero attached hydrogens (tertiary/aromatic N) is 2. The zero-order valence-corrected chi connectivity index (χ0v) is 6.08. The Labute approximate surface area is 54.1 Å². The Morgan fingerprint density at radius 1 is 1.38 bits per heavy atom. The van der Waals surface area contributed by atoms with Crippen LogP contribution < -0.4 is 0 Å². The van der Waals surface area contributed by atoms with Crippen molar-refractivity contribution < 1.29 is 0 Å². The Kier molecular flexibility index (Phi) is 2.25. The van der Waals surface area contributed by atoms with Crippen molar-refractivity contribution in [2.75, 3.05) is 0 Å². The zero-order valence-electron chi connectivity index (χ0n) is 4.11. The van der Waals surface area contributed by atoms with E-state index in [2.05, 4.69) is 18.4 Å². The minimum absolute atomic E-state index is 0.789. The Morgan fingerprint density at radius 2 is 2.00 bits per heavy atom. The maximum Gasteiger partial charge on any atom is 0.191 e. The minimum Gasteiger partial charge on any atom is -0.231 e. The van der Waals surface area contributed by atoms with Gasteiger partial charge in [0.1, 0.15) is 0 Å². The lowest BCUT2D eigenvalue weighted by atomic mass is 10.7. The Bertz CT molecular complexity index is 155. The van der Waals surface area contributed by atoms with Gasteiger partial charge in [-0.05, 0) is 6.07 Å².